The number of aromatic nitrogens is 3. The zero-order valence-electron chi connectivity index (χ0n) is 13.0. The molecule has 5 heteroatoms. The van der Waals surface area contributed by atoms with Crippen molar-refractivity contribution in [3.63, 3.8) is 0 Å². The van der Waals surface area contributed by atoms with Crippen molar-refractivity contribution in [2.75, 3.05) is 13.2 Å². The number of aromatic amines is 1. The minimum Gasteiger partial charge on any atom is -0.495 e. The van der Waals surface area contributed by atoms with Crippen LogP contribution < -0.4 is 4.74 Å². The zero-order chi connectivity index (χ0) is 15.6. The molecule has 0 fully saturated rings. The van der Waals surface area contributed by atoms with Crippen LogP contribution in [0.2, 0.25) is 0 Å². The van der Waals surface area contributed by atoms with Crippen LogP contribution in [0.15, 0.2) is 54.6 Å². The number of nitrogens with zero attached hydrogens (tertiary/aromatic N) is 2. The van der Waals surface area contributed by atoms with E-state index in [2.05, 4.69) is 28.2 Å². The van der Waals surface area contributed by atoms with Crippen LogP contribution in [0.1, 0.15) is 20.3 Å². The molecular formula is C17H21N3O2. The first-order valence-electron chi connectivity index (χ1n) is 7.34. The fraction of sp³-hybridized carbons (Fsp3) is 0.294. The summed E-state index contributed by atoms with van der Waals surface area (Å²) in [6.07, 6.45) is 10.4. The van der Waals surface area contributed by atoms with Gasteiger partial charge in [-0.1, -0.05) is 19.1 Å². The monoisotopic (exact) mass is 299 g/mol. The van der Waals surface area contributed by atoms with Crippen LogP contribution in [0.4, 0.5) is 0 Å². The highest BCUT2D eigenvalue weighted by molar-refractivity contribution is 5.53. The van der Waals surface area contributed by atoms with Crippen LogP contribution in [0.5, 0.6) is 5.75 Å². The normalized spacial score (nSPS) is 11.8. The molecule has 5 nitrogen and oxygen atoms in total. The van der Waals surface area contributed by atoms with Crippen LogP contribution in [-0.4, -0.2) is 28.4 Å². The fourth-order valence-corrected chi connectivity index (χ4v) is 1.77. The van der Waals surface area contributed by atoms with Gasteiger partial charge in [0.05, 0.1) is 23.3 Å². The maximum atomic E-state index is 5.60. The molecule has 2 rings (SSSR count). The first-order valence-corrected chi connectivity index (χ1v) is 7.34. The Morgan fingerprint density at radius 2 is 2.18 bits per heavy atom. The Labute approximate surface area is 130 Å². The van der Waals surface area contributed by atoms with E-state index in [9.17, 15) is 0 Å². The molecule has 0 saturated heterocycles. The van der Waals surface area contributed by atoms with Gasteiger partial charge in [-0.25, -0.2) is 0 Å². The quantitative estimate of drug-likeness (QED) is 0.458. The summed E-state index contributed by atoms with van der Waals surface area (Å²) in [6.45, 7) is 5.01. The number of rotatable bonds is 8. The third kappa shape index (κ3) is 5.09. The van der Waals surface area contributed by atoms with Gasteiger partial charge in [-0.2, -0.15) is 5.10 Å². The largest absolute Gasteiger partial charge is 0.495 e. The first-order chi connectivity index (χ1) is 10.8. The topological polar surface area (TPSA) is 60.0 Å². The van der Waals surface area contributed by atoms with E-state index in [0.717, 1.165) is 29.3 Å². The summed E-state index contributed by atoms with van der Waals surface area (Å²) >= 11 is 0. The third-order valence-corrected chi connectivity index (χ3v) is 2.90. The average molecular weight is 299 g/mol. The van der Waals surface area contributed by atoms with Crippen molar-refractivity contribution >= 4 is 0 Å². The lowest BCUT2D eigenvalue weighted by molar-refractivity contribution is 0.157. The van der Waals surface area contributed by atoms with Crippen LogP contribution in [-0.2, 0) is 4.74 Å². The number of ether oxygens (including phenoxy) is 2. The molecule has 2 aromatic heterocycles. The number of allylic oxidation sites excluding steroid dienone is 4. The molecule has 22 heavy (non-hydrogen) atoms. The molecule has 0 aromatic carbocycles. The SMILES string of the molecule is CC/C=C\C=C(/C)OCCOc1ccc(-c2ccn[nH]2)nc1. The van der Waals surface area contributed by atoms with Crippen LogP contribution in [0, 0.1) is 0 Å². The van der Waals surface area contributed by atoms with Gasteiger partial charge in [-0.15, -0.1) is 0 Å². The van der Waals surface area contributed by atoms with E-state index in [1.807, 2.05) is 37.3 Å². The van der Waals surface area contributed by atoms with Crippen molar-refractivity contribution < 1.29 is 9.47 Å². The molecule has 0 atom stereocenters. The van der Waals surface area contributed by atoms with E-state index in [1.165, 1.54) is 0 Å². The Kier molecular flexibility index (Phi) is 6.23. The first kappa shape index (κ1) is 15.8. The van der Waals surface area contributed by atoms with Gasteiger partial charge in [-0.3, -0.25) is 10.1 Å². The molecule has 0 saturated carbocycles. The van der Waals surface area contributed by atoms with E-state index in [0.29, 0.717) is 13.2 Å². The molecule has 0 amide bonds. The summed E-state index contributed by atoms with van der Waals surface area (Å²) in [7, 11) is 0. The van der Waals surface area contributed by atoms with Gasteiger partial charge in [0.15, 0.2) is 0 Å². The summed E-state index contributed by atoms with van der Waals surface area (Å²) in [5.74, 6) is 1.60. The Balaban J connectivity index is 1.73. The number of hydrogen-bond acceptors (Lipinski definition) is 4. The van der Waals surface area contributed by atoms with Crippen molar-refractivity contribution in [2.24, 2.45) is 0 Å². The molecule has 0 bridgehead atoms. The second kappa shape index (κ2) is 8.67. The molecule has 116 valence electrons. The molecule has 0 radical (unpaired) electrons. The Hall–Kier alpha value is -2.56. The summed E-state index contributed by atoms with van der Waals surface area (Å²) in [6, 6.07) is 5.65. The van der Waals surface area contributed by atoms with E-state index in [-0.39, 0.29) is 0 Å². The lowest BCUT2D eigenvalue weighted by Gasteiger charge is -2.08. The number of nitrogens with one attached hydrogen (secondary N) is 1. The summed E-state index contributed by atoms with van der Waals surface area (Å²) in [5.41, 5.74) is 1.72. The summed E-state index contributed by atoms with van der Waals surface area (Å²) in [4.78, 5) is 4.33. The second-order valence-electron chi connectivity index (χ2n) is 4.66. The molecular weight excluding hydrogens is 278 g/mol. The van der Waals surface area contributed by atoms with Crippen molar-refractivity contribution in [1.82, 2.24) is 15.2 Å². The van der Waals surface area contributed by atoms with Crippen LogP contribution in [0.25, 0.3) is 11.4 Å². The molecule has 0 aliphatic carbocycles. The minimum atomic E-state index is 0.480. The lowest BCUT2D eigenvalue weighted by Crippen LogP contribution is -2.05. The lowest BCUT2D eigenvalue weighted by atomic mass is 10.3. The maximum Gasteiger partial charge on any atom is 0.137 e. The number of hydrogen-bond donors (Lipinski definition) is 1. The van der Waals surface area contributed by atoms with Crippen LogP contribution in [0.3, 0.4) is 0 Å². The van der Waals surface area contributed by atoms with Crippen molar-refractivity contribution in [3.05, 3.63) is 54.6 Å². The van der Waals surface area contributed by atoms with Gasteiger partial charge in [0.2, 0.25) is 0 Å². The number of pyridine rings is 1. The molecule has 2 aromatic rings. The smallest absolute Gasteiger partial charge is 0.137 e. The fourth-order valence-electron chi connectivity index (χ4n) is 1.77. The highest BCUT2D eigenvalue weighted by Crippen LogP contribution is 2.16. The van der Waals surface area contributed by atoms with E-state index >= 15 is 0 Å². The van der Waals surface area contributed by atoms with Crippen molar-refractivity contribution in [2.45, 2.75) is 20.3 Å². The van der Waals surface area contributed by atoms with Gasteiger partial charge in [-0.05, 0) is 37.6 Å². The molecule has 0 aliphatic heterocycles. The zero-order valence-corrected chi connectivity index (χ0v) is 13.0. The molecule has 0 aliphatic rings. The van der Waals surface area contributed by atoms with E-state index in [4.69, 9.17) is 9.47 Å². The Bertz CT molecular complexity index is 601. The van der Waals surface area contributed by atoms with Gasteiger partial charge in [0.1, 0.15) is 19.0 Å². The number of H-pyrrole nitrogens is 1. The van der Waals surface area contributed by atoms with Gasteiger partial charge < -0.3 is 9.47 Å². The summed E-state index contributed by atoms with van der Waals surface area (Å²) < 4.78 is 11.1. The third-order valence-electron chi connectivity index (χ3n) is 2.90. The van der Waals surface area contributed by atoms with E-state index < -0.39 is 0 Å². The highest BCUT2D eigenvalue weighted by Gasteiger charge is 2.01. The molecule has 1 N–H and O–H groups in total. The van der Waals surface area contributed by atoms with Crippen molar-refractivity contribution in [3.8, 4) is 17.1 Å². The van der Waals surface area contributed by atoms with Gasteiger partial charge >= 0.3 is 0 Å². The Morgan fingerprint density at radius 3 is 2.86 bits per heavy atom. The molecule has 2 heterocycles. The predicted molar refractivity (Wildman–Crippen MR) is 86.5 cm³/mol. The van der Waals surface area contributed by atoms with Gasteiger partial charge in [0.25, 0.3) is 0 Å². The second-order valence-corrected chi connectivity index (χ2v) is 4.66. The predicted octanol–water partition coefficient (Wildman–Crippen LogP) is 3.74. The standard InChI is InChI=1S/C17H21N3O2/c1-3-4-5-6-14(2)21-11-12-22-15-7-8-16(18-13-15)17-9-10-19-20-17/h4-10,13H,3,11-12H2,1-2H3,(H,19,20)/b5-4-,14-6+. The molecule has 0 unspecified atom stereocenters. The van der Waals surface area contributed by atoms with E-state index in [1.54, 1.807) is 12.4 Å². The van der Waals surface area contributed by atoms with Gasteiger partial charge in [0, 0.05) is 6.20 Å². The molecule has 0 spiro atoms. The van der Waals surface area contributed by atoms with Crippen LogP contribution >= 0.6 is 0 Å². The maximum absolute atomic E-state index is 5.60. The van der Waals surface area contributed by atoms with Crippen molar-refractivity contribution in [1.29, 1.82) is 0 Å². The summed E-state index contributed by atoms with van der Waals surface area (Å²) in [5, 5.41) is 6.78. The Morgan fingerprint density at radius 1 is 1.27 bits per heavy atom. The minimum absolute atomic E-state index is 0.480. The average Bonchev–Trinajstić information content (AvgIpc) is 3.07. The highest BCUT2D eigenvalue weighted by atomic mass is 16.5.